The molecule has 2 aromatic rings. The van der Waals surface area contributed by atoms with Crippen molar-refractivity contribution in [2.45, 2.75) is 39.0 Å². The number of benzene rings is 2. The first-order valence-electron chi connectivity index (χ1n) is 8.65. The Morgan fingerprint density at radius 2 is 1.56 bits per heavy atom. The zero-order valence-corrected chi connectivity index (χ0v) is 14.5. The average Bonchev–Trinajstić information content (AvgIpc) is 2.66. The van der Waals surface area contributed by atoms with Gasteiger partial charge in [-0.3, -0.25) is 0 Å². The lowest BCUT2D eigenvalue weighted by Gasteiger charge is -2.08. The summed E-state index contributed by atoms with van der Waals surface area (Å²) in [6.07, 6.45) is 6.02. The molecule has 0 radical (unpaired) electrons. The van der Waals surface area contributed by atoms with Crippen molar-refractivity contribution in [2.24, 2.45) is 0 Å². The van der Waals surface area contributed by atoms with Crippen molar-refractivity contribution in [1.29, 1.82) is 0 Å². The Hall–Kier alpha value is -2.80. The fourth-order valence-electron chi connectivity index (χ4n) is 2.34. The largest absolute Gasteiger partial charge is 0.494 e. The first kappa shape index (κ1) is 18.5. The van der Waals surface area contributed by atoms with Crippen molar-refractivity contribution in [3.05, 3.63) is 65.5 Å². The molecular formula is C21H23NO3. The smallest absolute Gasteiger partial charge is 0.343 e. The first-order chi connectivity index (χ1) is 12.2. The molecule has 0 aromatic heterocycles. The summed E-state index contributed by atoms with van der Waals surface area (Å²) >= 11 is 0. The molecule has 0 atom stereocenters. The van der Waals surface area contributed by atoms with Crippen LogP contribution >= 0.6 is 0 Å². The van der Waals surface area contributed by atoms with Crippen LogP contribution in [0, 0.1) is 6.57 Å². The second kappa shape index (κ2) is 10.1. The van der Waals surface area contributed by atoms with E-state index in [9.17, 15) is 4.79 Å². The lowest BCUT2D eigenvalue weighted by molar-refractivity contribution is 0.0734. The van der Waals surface area contributed by atoms with Gasteiger partial charge in [0, 0.05) is 0 Å². The van der Waals surface area contributed by atoms with Crippen LogP contribution < -0.4 is 9.47 Å². The highest BCUT2D eigenvalue weighted by Crippen LogP contribution is 2.20. The molecule has 130 valence electrons. The van der Waals surface area contributed by atoms with Gasteiger partial charge >= 0.3 is 5.97 Å². The third kappa shape index (κ3) is 6.31. The predicted octanol–water partition coefficient (Wildman–Crippen LogP) is 5.81. The van der Waals surface area contributed by atoms with Gasteiger partial charge < -0.3 is 9.47 Å². The molecule has 0 saturated heterocycles. The molecular weight excluding hydrogens is 314 g/mol. The van der Waals surface area contributed by atoms with Crippen LogP contribution in [0.3, 0.4) is 0 Å². The van der Waals surface area contributed by atoms with Crippen molar-refractivity contribution < 1.29 is 14.3 Å². The Morgan fingerprint density at radius 1 is 0.920 bits per heavy atom. The molecule has 0 aliphatic heterocycles. The minimum atomic E-state index is -0.443. The van der Waals surface area contributed by atoms with Gasteiger partial charge in [-0.05, 0) is 30.7 Å². The van der Waals surface area contributed by atoms with Crippen LogP contribution in [0.4, 0.5) is 5.69 Å². The molecule has 4 heteroatoms. The Bertz CT molecular complexity index is 699. The molecule has 0 fully saturated rings. The average molecular weight is 337 g/mol. The van der Waals surface area contributed by atoms with Crippen LogP contribution in [0.2, 0.25) is 0 Å². The molecule has 2 rings (SSSR count). The quantitative estimate of drug-likeness (QED) is 0.251. The zero-order valence-electron chi connectivity index (χ0n) is 14.5. The molecule has 0 amide bonds. The van der Waals surface area contributed by atoms with Crippen LogP contribution in [-0.4, -0.2) is 12.6 Å². The summed E-state index contributed by atoms with van der Waals surface area (Å²) in [6, 6.07) is 13.4. The number of unbranched alkanes of at least 4 members (excludes halogenated alkanes) is 4. The summed E-state index contributed by atoms with van der Waals surface area (Å²) in [6.45, 7) is 9.81. The molecule has 0 aliphatic carbocycles. The van der Waals surface area contributed by atoms with Crippen molar-refractivity contribution >= 4 is 11.7 Å². The lowest BCUT2D eigenvalue weighted by atomic mass is 10.2. The van der Waals surface area contributed by atoms with Crippen LogP contribution in [0.5, 0.6) is 11.5 Å². The highest BCUT2D eigenvalue weighted by atomic mass is 16.5. The van der Waals surface area contributed by atoms with Crippen molar-refractivity contribution in [2.75, 3.05) is 6.61 Å². The van der Waals surface area contributed by atoms with E-state index in [2.05, 4.69) is 11.8 Å². The van der Waals surface area contributed by atoms with E-state index in [1.54, 1.807) is 48.5 Å². The highest BCUT2D eigenvalue weighted by molar-refractivity contribution is 5.91. The van der Waals surface area contributed by atoms with E-state index >= 15 is 0 Å². The summed E-state index contributed by atoms with van der Waals surface area (Å²) in [4.78, 5) is 15.4. The van der Waals surface area contributed by atoms with E-state index in [1.165, 1.54) is 25.7 Å². The zero-order chi connectivity index (χ0) is 17.9. The summed E-state index contributed by atoms with van der Waals surface area (Å²) in [5, 5.41) is 0. The van der Waals surface area contributed by atoms with Crippen LogP contribution in [0.15, 0.2) is 48.5 Å². The number of carbonyl (C=O) groups is 1. The first-order valence-corrected chi connectivity index (χ1v) is 8.65. The molecule has 0 unspecified atom stereocenters. The van der Waals surface area contributed by atoms with Crippen molar-refractivity contribution in [3.63, 3.8) is 0 Å². The lowest BCUT2D eigenvalue weighted by Crippen LogP contribution is -2.08. The summed E-state index contributed by atoms with van der Waals surface area (Å²) < 4.78 is 11.0. The van der Waals surface area contributed by atoms with E-state index < -0.39 is 5.97 Å². The van der Waals surface area contributed by atoms with Crippen LogP contribution in [0.1, 0.15) is 49.4 Å². The van der Waals surface area contributed by atoms with Gasteiger partial charge in [-0.2, -0.15) is 0 Å². The second-order valence-electron chi connectivity index (χ2n) is 5.78. The van der Waals surface area contributed by atoms with Gasteiger partial charge in [0.1, 0.15) is 11.5 Å². The Balaban J connectivity index is 1.79. The number of esters is 1. The minimum absolute atomic E-state index is 0.416. The minimum Gasteiger partial charge on any atom is -0.494 e. The number of nitrogens with zero attached hydrogens (tertiary/aromatic N) is 1. The van der Waals surface area contributed by atoms with Gasteiger partial charge in [-0.1, -0.05) is 56.9 Å². The molecule has 25 heavy (non-hydrogen) atoms. The van der Waals surface area contributed by atoms with Gasteiger partial charge in [0.15, 0.2) is 5.69 Å². The Morgan fingerprint density at radius 3 is 2.20 bits per heavy atom. The van der Waals surface area contributed by atoms with Crippen LogP contribution in [-0.2, 0) is 0 Å². The molecule has 0 heterocycles. The van der Waals surface area contributed by atoms with E-state index in [0.29, 0.717) is 23.6 Å². The maximum atomic E-state index is 12.1. The molecule has 0 saturated carbocycles. The summed E-state index contributed by atoms with van der Waals surface area (Å²) in [5.41, 5.74) is 0.910. The molecule has 0 aliphatic rings. The molecule has 2 aromatic carbocycles. The number of rotatable bonds is 9. The standard InChI is InChI=1S/C21H23NO3/c1-3-4-5-6-7-16-24-19-12-14-20(15-13-19)25-21(23)17-8-10-18(22-2)11-9-17/h8-15H,3-7,16H2,1H3. The predicted molar refractivity (Wildman–Crippen MR) is 98.4 cm³/mol. The van der Waals surface area contributed by atoms with Gasteiger partial charge in [0.05, 0.1) is 18.7 Å². The highest BCUT2D eigenvalue weighted by Gasteiger charge is 2.08. The number of ether oxygens (including phenoxy) is 2. The number of carbonyl (C=O) groups excluding carboxylic acids is 1. The van der Waals surface area contributed by atoms with Gasteiger partial charge in [0.25, 0.3) is 0 Å². The molecule has 0 N–H and O–H groups in total. The maximum Gasteiger partial charge on any atom is 0.343 e. The summed E-state index contributed by atoms with van der Waals surface area (Å²) in [7, 11) is 0. The Labute approximate surface area is 149 Å². The molecule has 4 nitrogen and oxygen atoms in total. The van der Waals surface area contributed by atoms with E-state index in [1.807, 2.05) is 0 Å². The summed E-state index contributed by atoms with van der Waals surface area (Å²) in [5.74, 6) is 0.798. The van der Waals surface area contributed by atoms with E-state index in [4.69, 9.17) is 16.0 Å². The fraction of sp³-hybridized carbons (Fsp3) is 0.333. The normalized spacial score (nSPS) is 10.1. The second-order valence-corrected chi connectivity index (χ2v) is 5.78. The van der Waals surface area contributed by atoms with E-state index in [-0.39, 0.29) is 0 Å². The van der Waals surface area contributed by atoms with Gasteiger partial charge in [-0.15, -0.1) is 0 Å². The van der Waals surface area contributed by atoms with Crippen LogP contribution in [0.25, 0.3) is 4.85 Å². The topological polar surface area (TPSA) is 39.9 Å². The van der Waals surface area contributed by atoms with Gasteiger partial charge in [-0.25, -0.2) is 9.64 Å². The van der Waals surface area contributed by atoms with Crippen molar-refractivity contribution in [3.8, 4) is 11.5 Å². The number of hydrogen-bond acceptors (Lipinski definition) is 3. The molecule has 0 bridgehead atoms. The van der Waals surface area contributed by atoms with Crippen molar-refractivity contribution in [1.82, 2.24) is 0 Å². The third-order valence-electron chi connectivity index (χ3n) is 3.78. The molecule has 0 spiro atoms. The fourth-order valence-corrected chi connectivity index (χ4v) is 2.34. The number of hydrogen-bond donors (Lipinski definition) is 0. The Kier molecular flexibility index (Phi) is 7.52. The third-order valence-corrected chi connectivity index (χ3v) is 3.78. The van der Waals surface area contributed by atoms with Gasteiger partial charge in [0.2, 0.25) is 0 Å². The van der Waals surface area contributed by atoms with E-state index in [0.717, 1.165) is 12.2 Å². The SMILES string of the molecule is [C-]#[N+]c1ccc(C(=O)Oc2ccc(OCCCCCCC)cc2)cc1. The monoisotopic (exact) mass is 337 g/mol. The maximum absolute atomic E-state index is 12.1.